The highest BCUT2D eigenvalue weighted by Gasteiger charge is 2.10. The fourth-order valence-corrected chi connectivity index (χ4v) is 2.18. The smallest absolute Gasteiger partial charge is 0.266 e. The van der Waals surface area contributed by atoms with E-state index in [1.54, 1.807) is 18.2 Å². The van der Waals surface area contributed by atoms with Crippen LogP contribution in [0.15, 0.2) is 58.6 Å². The summed E-state index contributed by atoms with van der Waals surface area (Å²) >= 11 is 3.34. The highest BCUT2D eigenvalue weighted by molar-refractivity contribution is 9.10. The summed E-state index contributed by atoms with van der Waals surface area (Å²) in [5.74, 6) is -1.88. The number of carboxylic acids is 1. The van der Waals surface area contributed by atoms with Gasteiger partial charge in [-0.1, -0.05) is 46.3 Å². The number of nitrogens with zero attached hydrogens (tertiary/aromatic N) is 1. The lowest BCUT2D eigenvalue weighted by Crippen LogP contribution is -2.22. The lowest BCUT2D eigenvalue weighted by atomic mass is 10.1. The summed E-state index contributed by atoms with van der Waals surface area (Å²) in [6, 6.07) is 14.5. The highest BCUT2D eigenvalue weighted by Crippen LogP contribution is 2.19. The molecule has 0 heterocycles. The number of carboxylic acid groups (broad SMARTS) is 1. The molecule has 0 saturated carbocycles. The Labute approximate surface area is 141 Å². The van der Waals surface area contributed by atoms with Crippen molar-refractivity contribution in [3.05, 3.63) is 69.7 Å². The molecule has 0 spiro atoms. The predicted molar refractivity (Wildman–Crippen MR) is 87.1 cm³/mol. The van der Waals surface area contributed by atoms with Crippen molar-refractivity contribution < 1.29 is 14.7 Å². The molecule has 0 bridgehead atoms. The van der Waals surface area contributed by atoms with Crippen LogP contribution in [0.4, 0.5) is 5.69 Å². The zero-order valence-electron chi connectivity index (χ0n) is 11.7. The van der Waals surface area contributed by atoms with E-state index in [9.17, 15) is 14.7 Å². The van der Waals surface area contributed by atoms with Gasteiger partial charge >= 0.3 is 0 Å². The Hall–Kier alpha value is -2.91. The zero-order chi connectivity index (χ0) is 16.8. The van der Waals surface area contributed by atoms with Gasteiger partial charge in [0.1, 0.15) is 11.6 Å². The Bertz CT molecular complexity index is 820. The van der Waals surface area contributed by atoms with Crippen LogP contribution in [-0.4, -0.2) is 11.9 Å². The summed E-state index contributed by atoms with van der Waals surface area (Å²) in [4.78, 5) is 22.8. The molecule has 0 fully saturated rings. The van der Waals surface area contributed by atoms with Crippen molar-refractivity contribution in [3.63, 3.8) is 0 Å². The Morgan fingerprint density at radius 2 is 1.78 bits per heavy atom. The molecule has 2 aromatic carbocycles. The number of benzene rings is 2. The number of carbonyl (C=O) groups is 2. The van der Waals surface area contributed by atoms with Crippen LogP contribution in [0, 0.1) is 11.3 Å². The Morgan fingerprint density at radius 3 is 2.35 bits per heavy atom. The average Bonchev–Trinajstić information content (AvgIpc) is 2.54. The van der Waals surface area contributed by atoms with Crippen LogP contribution in [-0.2, 0) is 4.79 Å². The van der Waals surface area contributed by atoms with Gasteiger partial charge in [-0.05, 0) is 35.4 Å². The molecule has 2 aromatic rings. The van der Waals surface area contributed by atoms with Crippen LogP contribution in [0.25, 0.3) is 6.08 Å². The van der Waals surface area contributed by atoms with Gasteiger partial charge in [0.25, 0.3) is 5.91 Å². The van der Waals surface area contributed by atoms with Crippen molar-refractivity contribution in [1.29, 1.82) is 5.26 Å². The highest BCUT2D eigenvalue weighted by atomic mass is 79.9. The molecule has 6 heteroatoms. The third-order valence-corrected chi connectivity index (χ3v) is 3.67. The lowest BCUT2D eigenvalue weighted by molar-refractivity contribution is -0.255. The summed E-state index contributed by atoms with van der Waals surface area (Å²) in [7, 11) is 0. The first-order chi connectivity index (χ1) is 11.0. The van der Waals surface area contributed by atoms with Crippen molar-refractivity contribution >= 4 is 39.6 Å². The average molecular weight is 370 g/mol. The van der Waals surface area contributed by atoms with Gasteiger partial charge in [-0.15, -0.1) is 0 Å². The van der Waals surface area contributed by atoms with Crippen LogP contribution < -0.4 is 10.4 Å². The number of halogens is 1. The number of nitriles is 1. The van der Waals surface area contributed by atoms with Crippen LogP contribution in [0.2, 0.25) is 0 Å². The van der Waals surface area contributed by atoms with Gasteiger partial charge < -0.3 is 15.2 Å². The third-order valence-electron chi connectivity index (χ3n) is 2.95. The van der Waals surface area contributed by atoms with E-state index in [0.29, 0.717) is 11.3 Å². The van der Waals surface area contributed by atoms with Gasteiger partial charge in [0.05, 0.1) is 5.97 Å². The normalized spacial score (nSPS) is 10.7. The van der Waals surface area contributed by atoms with Gasteiger partial charge in [0.2, 0.25) is 0 Å². The topological polar surface area (TPSA) is 93.0 Å². The first-order valence-corrected chi connectivity index (χ1v) is 7.29. The number of hydrogen-bond acceptors (Lipinski definition) is 4. The van der Waals surface area contributed by atoms with E-state index in [2.05, 4.69) is 21.2 Å². The number of anilines is 1. The van der Waals surface area contributed by atoms with Gasteiger partial charge in [0, 0.05) is 10.2 Å². The SMILES string of the molecule is N#C/C(=C\c1ccccc1Br)C(=O)Nc1ccc(C(=O)[O-])cc1. The molecule has 0 saturated heterocycles. The van der Waals surface area contributed by atoms with E-state index in [1.165, 1.54) is 30.3 Å². The van der Waals surface area contributed by atoms with Gasteiger partial charge in [-0.3, -0.25) is 4.79 Å². The minimum absolute atomic E-state index is 0.00673. The first-order valence-electron chi connectivity index (χ1n) is 6.50. The van der Waals surface area contributed by atoms with Crippen LogP contribution >= 0.6 is 15.9 Å². The minimum Gasteiger partial charge on any atom is -0.545 e. The van der Waals surface area contributed by atoms with Gasteiger partial charge in [0.15, 0.2) is 0 Å². The zero-order valence-corrected chi connectivity index (χ0v) is 13.3. The quantitative estimate of drug-likeness (QED) is 0.661. The maximum Gasteiger partial charge on any atom is 0.266 e. The summed E-state index contributed by atoms with van der Waals surface area (Å²) in [6.07, 6.45) is 1.47. The Morgan fingerprint density at radius 1 is 1.13 bits per heavy atom. The summed E-state index contributed by atoms with van der Waals surface area (Å²) in [5.41, 5.74) is 1.02. The standard InChI is InChI=1S/C17H11BrN2O3/c18-15-4-2-1-3-12(15)9-13(10-19)16(21)20-14-7-5-11(6-8-14)17(22)23/h1-9H,(H,20,21)(H,22,23)/p-1/b13-9+. The summed E-state index contributed by atoms with van der Waals surface area (Å²) < 4.78 is 0.763. The summed E-state index contributed by atoms with van der Waals surface area (Å²) in [5, 5.41) is 22.4. The summed E-state index contributed by atoms with van der Waals surface area (Å²) in [6.45, 7) is 0. The Balaban J connectivity index is 2.19. The van der Waals surface area contributed by atoms with Crippen LogP contribution in [0.5, 0.6) is 0 Å². The molecule has 0 aliphatic rings. The molecule has 1 amide bonds. The maximum absolute atomic E-state index is 12.1. The lowest BCUT2D eigenvalue weighted by Gasteiger charge is -2.07. The molecule has 2 rings (SSSR count). The predicted octanol–water partition coefficient (Wildman–Crippen LogP) is 2.36. The van der Waals surface area contributed by atoms with Gasteiger partial charge in [-0.25, -0.2) is 0 Å². The second-order valence-corrected chi connectivity index (χ2v) is 5.36. The fraction of sp³-hybridized carbons (Fsp3) is 0. The molecule has 0 aromatic heterocycles. The van der Waals surface area contributed by atoms with E-state index in [-0.39, 0.29) is 11.1 Å². The van der Waals surface area contributed by atoms with Crippen molar-refractivity contribution in [2.24, 2.45) is 0 Å². The molecule has 114 valence electrons. The first kappa shape index (κ1) is 16.5. The van der Waals surface area contributed by atoms with Crippen molar-refractivity contribution in [2.45, 2.75) is 0 Å². The third kappa shape index (κ3) is 4.28. The second kappa shape index (κ2) is 7.38. The molecule has 0 atom stereocenters. The molecule has 0 aliphatic carbocycles. The Kier molecular flexibility index (Phi) is 5.28. The van der Waals surface area contributed by atoms with Crippen LogP contribution in [0.3, 0.4) is 0 Å². The van der Waals surface area contributed by atoms with Crippen molar-refractivity contribution in [3.8, 4) is 6.07 Å². The number of amides is 1. The number of aromatic carboxylic acids is 1. The minimum atomic E-state index is -1.30. The number of rotatable bonds is 4. The van der Waals surface area contributed by atoms with Crippen LogP contribution in [0.1, 0.15) is 15.9 Å². The van der Waals surface area contributed by atoms with E-state index in [0.717, 1.165) is 4.47 Å². The maximum atomic E-state index is 12.1. The van der Waals surface area contributed by atoms with E-state index >= 15 is 0 Å². The molecule has 1 N–H and O–H groups in total. The van der Waals surface area contributed by atoms with Crippen molar-refractivity contribution in [1.82, 2.24) is 0 Å². The largest absolute Gasteiger partial charge is 0.545 e. The molecular formula is C17H10BrN2O3-. The second-order valence-electron chi connectivity index (χ2n) is 4.51. The molecule has 23 heavy (non-hydrogen) atoms. The molecular weight excluding hydrogens is 360 g/mol. The van der Waals surface area contributed by atoms with E-state index < -0.39 is 11.9 Å². The molecule has 5 nitrogen and oxygen atoms in total. The molecule has 0 aliphatic heterocycles. The number of carbonyl (C=O) groups excluding carboxylic acids is 2. The fourth-order valence-electron chi connectivity index (χ4n) is 1.78. The van der Waals surface area contributed by atoms with E-state index in [1.807, 2.05) is 12.1 Å². The molecule has 0 unspecified atom stereocenters. The molecule has 0 radical (unpaired) electrons. The van der Waals surface area contributed by atoms with Gasteiger partial charge in [-0.2, -0.15) is 5.26 Å². The monoisotopic (exact) mass is 369 g/mol. The van der Waals surface area contributed by atoms with E-state index in [4.69, 9.17) is 5.26 Å². The number of hydrogen-bond donors (Lipinski definition) is 1. The number of nitrogens with one attached hydrogen (secondary N) is 1. The van der Waals surface area contributed by atoms with Crippen molar-refractivity contribution in [2.75, 3.05) is 5.32 Å².